The highest BCUT2D eigenvalue weighted by atomic mass is 16.5. The minimum atomic E-state index is 0.108. The maximum Gasteiger partial charge on any atom is 0.253 e. The fraction of sp³-hybridized carbons (Fsp3) is 0.348. The maximum absolute atomic E-state index is 12.6. The summed E-state index contributed by atoms with van der Waals surface area (Å²) in [5, 5.41) is 7.41. The van der Waals surface area contributed by atoms with Crippen molar-refractivity contribution < 1.29 is 14.1 Å². The number of carbonyl (C=O) groups excluding carboxylic acids is 1. The number of likely N-dealkylation sites (tertiary alicyclic amines) is 1. The third-order valence-electron chi connectivity index (χ3n) is 5.19. The first-order valence-electron chi connectivity index (χ1n) is 10.3. The summed E-state index contributed by atoms with van der Waals surface area (Å²) in [6.07, 6.45) is 2.18. The van der Waals surface area contributed by atoms with Crippen LogP contribution in [0.25, 0.3) is 11.4 Å². The molecule has 1 aliphatic heterocycles. The minimum absolute atomic E-state index is 0.108. The zero-order valence-electron chi connectivity index (χ0n) is 17.4. The highest BCUT2D eigenvalue weighted by Crippen LogP contribution is 2.28. The van der Waals surface area contributed by atoms with Crippen LogP contribution in [0.1, 0.15) is 41.6 Å². The topological polar surface area (TPSA) is 80.5 Å². The van der Waals surface area contributed by atoms with Crippen LogP contribution in [0.2, 0.25) is 0 Å². The van der Waals surface area contributed by atoms with Crippen molar-refractivity contribution in [2.75, 3.05) is 25.0 Å². The number of hydrogen-bond donors (Lipinski definition) is 1. The van der Waals surface area contributed by atoms with Crippen molar-refractivity contribution in [2.45, 2.75) is 33.2 Å². The van der Waals surface area contributed by atoms with Gasteiger partial charge in [0, 0.05) is 24.3 Å². The average Bonchev–Trinajstić information content (AvgIpc) is 3.45. The molecule has 4 rings (SSSR count). The Morgan fingerprint density at radius 1 is 1.20 bits per heavy atom. The van der Waals surface area contributed by atoms with Crippen LogP contribution in [-0.4, -0.2) is 40.6 Å². The highest BCUT2D eigenvalue weighted by Gasteiger charge is 2.20. The number of para-hydroxylation sites is 1. The molecular weight excluding hydrogens is 380 g/mol. The molecule has 3 aromatic rings. The summed E-state index contributed by atoms with van der Waals surface area (Å²) in [4.78, 5) is 19.0. The zero-order chi connectivity index (χ0) is 20.9. The molecule has 1 fully saturated rings. The molecule has 1 amide bonds. The Balaban J connectivity index is 1.42. The van der Waals surface area contributed by atoms with Crippen molar-refractivity contribution in [1.29, 1.82) is 0 Å². The molecule has 1 aromatic heterocycles. The van der Waals surface area contributed by atoms with Crippen LogP contribution in [0.5, 0.6) is 5.75 Å². The van der Waals surface area contributed by atoms with Gasteiger partial charge in [-0.3, -0.25) is 4.79 Å². The lowest BCUT2D eigenvalue weighted by Gasteiger charge is -2.16. The number of aryl methyl sites for hydroxylation is 1. The average molecular weight is 406 g/mol. The lowest BCUT2D eigenvalue weighted by Crippen LogP contribution is -2.27. The van der Waals surface area contributed by atoms with Crippen molar-refractivity contribution in [3.63, 3.8) is 0 Å². The van der Waals surface area contributed by atoms with Gasteiger partial charge in [0.25, 0.3) is 5.91 Å². The number of hydrogen-bond acceptors (Lipinski definition) is 6. The monoisotopic (exact) mass is 406 g/mol. The van der Waals surface area contributed by atoms with Gasteiger partial charge in [-0.1, -0.05) is 17.3 Å². The Morgan fingerprint density at radius 2 is 2.00 bits per heavy atom. The van der Waals surface area contributed by atoms with Crippen LogP contribution < -0.4 is 10.1 Å². The molecule has 7 heteroatoms. The van der Waals surface area contributed by atoms with Crippen LogP contribution in [0.4, 0.5) is 5.69 Å². The molecule has 2 heterocycles. The predicted octanol–water partition coefficient (Wildman–Crippen LogP) is 4.29. The summed E-state index contributed by atoms with van der Waals surface area (Å²) in [6, 6.07) is 13.4. The van der Waals surface area contributed by atoms with Gasteiger partial charge in [0.15, 0.2) is 0 Å². The molecule has 1 N–H and O–H groups in total. The molecule has 0 saturated carbocycles. The fourth-order valence-corrected chi connectivity index (χ4v) is 3.64. The fourth-order valence-electron chi connectivity index (χ4n) is 3.64. The van der Waals surface area contributed by atoms with Gasteiger partial charge in [-0.05, 0) is 62.6 Å². The third-order valence-corrected chi connectivity index (χ3v) is 5.19. The van der Waals surface area contributed by atoms with Gasteiger partial charge in [0.2, 0.25) is 11.7 Å². The van der Waals surface area contributed by atoms with Crippen molar-refractivity contribution >= 4 is 11.6 Å². The van der Waals surface area contributed by atoms with E-state index in [0.717, 1.165) is 54.1 Å². The number of amides is 1. The Bertz CT molecular complexity index is 1020. The largest absolute Gasteiger partial charge is 0.493 e. The van der Waals surface area contributed by atoms with Crippen molar-refractivity contribution in [3.05, 3.63) is 59.5 Å². The number of benzene rings is 2. The number of carbonyl (C=O) groups is 1. The SMILES string of the molecule is CCOc1ccccc1-c1noc(CNc2ccc(C(=O)N3CCCC3)cc2C)n1. The predicted molar refractivity (Wildman–Crippen MR) is 115 cm³/mol. The van der Waals surface area contributed by atoms with Crippen LogP contribution in [0.15, 0.2) is 47.0 Å². The molecule has 7 nitrogen and oxygen atoms in total. The summed E-state index contributed by atoms with van der Waals surface area (Å²) in [5.74, 6) is 1.82. The van der Waals surface area contributed by atoms with Crippen molar-refractivity contribution in [3.8, 4) is 17.1 Å². The van der Waals surface area contributed by atoms with E-state index < -0.39 is 0 Å². The second-order valence-corrected chi connectivity index (χ2v) is 7.32. The molecule has 0 spiro atoms. The number of rotatable bonds is 7. The maximum atomic E-state index is 12.6. The van der Waals surface area contributed by atoms with Gasteiger partial charge in [-0.2, -0.15) is 4.98 Å². The van der Waals surface area contributed by atoms with E-state index >= 15 is 0 Å². The van der Waals surface area contributed by atoms with E-state index in [1.165, 1.54) is 0 Å². The number of nitrogens with one attached hydrogen (secondary N) is 1. The summed E-state index contributed by atoms with van der Waals surface area (Å²) in [7, 11) is 0. The minimum Gasteiger partial charge on any atom is -0.493 e. The molecule has 0 radical (unpaired) electrons. The summed E-state index contributed by atoms with van der Waals surface area (Å²) in [6.45, 7) is 6.59. The number of nitrogens with zero attached hydrogens (tertiary/aromatic N) is 3. The molecule has 0 bridgehead atoms. The van der Waals surface area contributed by atoms with Gasteiger partial charge in [-0.25, -0.2) is 0 Å². The van der Waals surface area contributed by atoms with Crippen molar-refractivity contribution in [2.24, 2.45) is 0 Å². The zero-order valence-corrected chi connectivity index (χ0v) is 17.4. The molecule has 0 unspecified atom stereocenters. The lowest BCUT2D eigenvalue weighted by atomic mass is 10.1. The highest BCUT2D eigenvalue weighted by molar-refractivity contribution is 5.95. The van der Waals surface area contributed by atoms with E-state index in [1.54, 1.807) is 0 Å². The van der Waals surface area contributed by atoms with E-state index in [4.69, 9.17) is 9.26 Å². The number of anilines is 1. The van der Waals surface area contributed by atoms with Crippen molar-refractivity contribution in [1.82, 2.24) is 15.0 Å². The molecule has 1 aliphatic rings. The molecule has 1 saturated heterocycles. The Hall–Kier alpha value is -3.35. The molecule has 2 aromatic carbocycles. The van der Waals surface area contributed by atoms with Crippen LogP contribution in [0, 0.1) is 6.92 Å². The van der Waals surface area contributed by atoms with E-state index in [-0.39, 0.29) is 5.91 Å². The van der Waals surface area contributed by atoms with Crippen LogP contribution >= 0.6 is 0 Å². The van der Waals surface area contributed by atoms with Crippen LogP contribution in [0.3, 0.4) is 0 Å². The number of aromatic nitrogens is 2. The lowest BCUT2D eigenvalue weighted by molar-refractivity contribution is 0.0792. The molecule has 30 heavy (non-hydrogen) atoms. The second-order valence-electron chi connectivity index (χ2n) is 7.32. The van der Waals surface area contributed by atoms with E-state index in [9.17, 15) is 4.79 Å². The smallest absolute Gasteiger partial charge is 0.253 e. The van der Waals surface area contributed by atoms with Crippen LogP contribution in [-0.2, 0) is 6.54 Å². The normalized spacial score (nSPS) is 13.5. The van der Waals surface area contributed by atoms with E-state index in [0.29, 0.717) is 24.9 Å². The van der Waals surface area contributed by atoms with Gasteiger partial charge >= 0.3 is 0 Å². The Labute approximate surface area is 176 Å². The quantitative estimate of drug-likeness (QED) is 0.630. The van der Waals surface area contributed by atoms with Gasteiger partial charge in [-0.15, -0.1) is 0 Å². The number of ether oxygens (including phenoxy) is 1. The summed E-state index contributed by atoms with van der Waals surface area (Å²) in [5.41, 5.74) is 3.46. The Morgan fingerprint density at radius 3 is 2.77 bits per heavy atom. The van der Waals surface area contributed by atoms with E-state index in [2.05, 4.69) is 15.5 Å². The van der Waals surface area contributed by atoms with Gasteiger partial charge in [0.1, 0.15) is 5.75 Å². The first-order chi connectivity index (χ1) is 14.7. The first kappa shape index (κ1) is 19.9. The second kappa shape index (κ2) is 8.98. The molecule has 0 atom stereocenters. The molecule has 156 valence electrons. The summed E-state index contributed by atoms with van der Waals surface area (Å²) >= 11 is 0. The first-order valence-corrected chi connectivity index (χ1v) is 10.3. The third kappa shape index (κ3) is 4.30. The van der Waals surface area contributed by atoms with Gasteiger partial charge in [0.05, 0.1) is 18.7 Å². The van der Waals surface area contributed by atoms with Gasteiger partial charge < -0.3 is 19.5 Å². The Kier molecular flexibility index (Phi) is 5.97. The standard InChI is InChI=1S/C23H26N4O3/c1-3-29-20-9-5-4-8-18(20)22-25-21(30-26-22)15-24-19-11-10-17(14-16(19)2)23(28)27-12-6-7-13-27/h4-5,8-11,14,24H,3,6-7,12-13,15H2,1-2H3. The summed E-state index contributed by atoms with van der Waals surface area (Å²) < 4.78 is 11.0. The molecular formula is C23H26N4O3. The van der Waals surface area contributed by atoms with E-state index in [1.807, 2.05) is 61.2 Å². The molecule has 0 aliphatic carbocycles.